The van der Waals surface area contributed by atoms with Crippen molar-refractivity contribution in [2.24, 2.45) is 14.1 Å². The molecule has 0 saturated carbocycles. The molecule has 0 spiro atoms. The molecule has 4 aromatic rings. The zero-order chi connectivity index (χ0) is 23.4. The average Bonchev–Trinajstić information content (AvgIpc) is 3.26. The van der Waals surface area contributed by atoms with E-state index in [4.69, 9.17) is 0 Å². The van der Waals surface area contributed by atoms with Crippen molar-refractivity contribution in [3.05, 3.63) is 68.5 Å². The molecule has 33 heavy (non-hydrogen) atoms. The molecule has 0 bridgehead atoms. The van der Waals surface area contributed by atoms with Crippen LogP contribution in [0.25, 0.3) is 22.1 Å². The summed E-state index contributed by atoms with van der Waals surface area (Å²) in [5, 5.41) is 0. The molecular weight excluding hydrogens is 424 g/mol. The van der Waals surface area contributed by atoms with Crippen LogP contribution in [0.2, 0.25) is 0 Å². The van der Waals surface area contributed by atoms with Gasteiger partial charge < -0.3 is 19.8 Å². The summed E-state index contributed by atoms with van der Waals surface area (Å²) < 4.78 is 3.00. The Hall–Kier alpha value is -4.08. The van der Waals surface area contributed by atoms with E-state index in [9.17, 15) is 19.2 Å². The van der Waals surface area contributed by atoms with Gasteiger partial charge in [-0.1, -0.05) is 0 Å². The van der Waals surface area contributed by atoms with E-state index in [1.54, 1.807) is 60.3 Å². The molecular formula is C23H24N6O4. The van der Waals surface area contributed by atoms with Gasteiger partial charge in [0.05, 0.1) is 22.1 Å². The first-order chi connectivity index (χ1) is 15.7. The molecule has 10 heteroatoms. The summed E-state index contributed by atoms with van der Waals surface area (Å²) in [6.07, 6.45) is 0. The number of imidazole rings is 2. The van der Waals surface area contributed by atoms with Crippen LogP contribution in [0.15, 0.2) is 46.0 Å². The molecule has 2 amide bonds. The first-order valence-corrected chi connectivity index (χ1v) is 10.7. The van der Waals surface area contributed by atoms with Gasteiger partial charge in [0.2, 0.25) is 0 Å². The number of aromatic nitrogens is 4. The van der Waals surface area contributed by atoms with Crippen molar-refractivity contribution in [2.45, 2.75) is 13.0 Å². The minimum Gasteiger partial charge on any atom is -0.335 e. The van der Waals surface area contributed by atoms with Crippen molar-refractivity contribution < 1.29 is 9.59 Å². The summed E-state index contributed by atoms with van der Waals surface area (Å²) in [4.78, 5) is 58.9. The van der Waals surface area contributed by atoms with Crippen LogP contribution in [0.4, 0.5) is 0 Å². The zero-order valence-corrected chi connectivity index (χ0v) is 18.6. The lowest BCUT2D eigenvalue weighted by Gasteiger charge is -2.40. The monoisotopic (exact) mass is 448 g/mol. The Morgan fingerprint density at radius 1 is 0.818 bits per heavy atom. The first kappa shape index (κ1) is 20.8. The minimum absolute atomic E-state index is 0.135. The summed E-state index contributed by atoms with van der Waals surface area (Å²) in [7, 11) is 3.35. The Labute approximate surface area is 188 Å². The quantitative estimate of drug-likeness (QED) is 0.476. The van der Waals surface area contributed by atoms with Gasteiger partial charge in [0.15, 0.2) is 0 Å². The maximum atomic E-state index is 13.2. The molecule has 5 rings (SSSR count). The number of piperazine rings is 1. The van der Waals surface area contributed by atoms with Gasteiger partial charge >= 0.3 is 11.4 Å². The Balaban J connectivity index is 1.33. The molecule has 2 aromatic carbocycles. The van der Waals surface area contributed by atoms with E-state index in [0.717, 1.165) is 11.0 Å². The molecule has 1 atom stereocenters. The van der Waals surface area contributed by atoms with Crippen molar-refractivity contribution >= 4 is 33.9 Å². The van der Waals surface area contributed by atoms with Gasteiger partial charge in [0, 0.05) is 50.9 Å². The Kier molecular flexibility index (Phi) is 4.73. The molecule has 1 saturated heterocycles. The van der Waals surface area contributed by atoms with Crippen molar-refractivity contribution in [1.82, 2.24) is 28.9 Å². The molecule has 1 fully saturated rings. The van der Waals surface area contributed by atoms with Crippen LogP contribution in [-0.4, -0.2) is 66.4 Å². The fourth-order valence-electron chi connectivity index (χ4n) is 4.53. The number of hydrogen-bond acceptors (Lipinski definition) is 4. The SMILES string of the molecule is C[C@H]1CN(C(=O)c2ccc3c(c2)[nH]c(=O)n3C)CCN1C(=O)c1ccc2c(c1)[nH]c(=O)n2C. The second-order valence-electron chi connectivity index (χ2n) is 8.54. The van der Waals surface area contributed by atoms with E-state index in [1.165, 1.54) is 9.13 Å². The number of carbonyl (C=O) groups excluding carboxylic acids is 2. The van der Waals surface area contributed by atoms with Crippen LogP contribution in [0.5, 0.6) is 0 Å². The van der Waals surface area contributed by atoms with Crippen molar-refractivity contribution in [1.29, 1.82) is 0 Å². The summed E-state index contributed by atoms with van der Waals surface area (Å²) in [6, 6.07) is 10.2. The predicted molar refractivity (Wildman–Crippen MR) is 123 cm³/mol. The standard InChI is InChI=1S/C23H24N6O4/c1-13-12-28(20(30)14-4-6-18-16(10-14)24-22(32)26(18)2)8-9-29(13)21(31)15-5-7-19-17(11-15)25-23(33)27(19)3/h4-7,10-11,13H,8-9,12H2,1-3H3,(H,24,32)(H,25,33)/t13-/m0/s1. The number of rotatable bonds is 2. The van der Waals surface area contributed by atoms with Crippen molar-refractivity contribution in [3.63, 3.8) is 0 Å². The molecule has 0 unspecified atom stereocenters. The molecule has 0 radical (unpaired) electrons. The van der Waals surface area contributed by atoms with Crippen molar-refractivity contribution in [2.75, 3.05) is 19.6 Å². The Morgan fingerprint density at radius 2 is 1.33 bits per heavy atom. The maximum absolute atomic E-state index is 13.2. The highest BCUT2D eigenvalue weighted by molar-refractivity contribution is 5.99. The highest BCUT2D eigenvalue weighted by atomic mass is 16.2. The Morgan fingerprint density at radius 3 is 1.85 bits per heavy atom. The lowest BCUT2D eigenvalue weighted by atomic mass is 10.1. The lowest BCUT2D eigenvalue weighted by Crippen LogP contribution is -2.55. The van der Waals surface area contributed by atoms with E-state index in [-0.39, 0.29) is 29.2 Å². The lowest BCUT2D eigenvalue weighted by molar-refractivity contribution is 0.0414. The molecule has 170 valence electrons. The summed E-state index contributed by atoms with van der Waals surface area (Å²) in [5.74, 6) is -0.270. The van der Waals surface area contributed by atoms with Crippen LogP contribution in [0.1, 0.15) is 27.6 Å². The van der Waals surface area contributed by atoms with Gasteiger partial charge in [0.25, 0.3) is 11.8 Å². The smallest absolute Gasteiger partial charge is 0.326 e. The number of amides is 2. The van der Waals surface area contributed by atoms with Crippen LogP contribution >= 0.6 is 0 Å². The van der Waals surface area contributed by atoms with Crippen LogP contribution < -0.4 is 11.4 Å². The normalized spacial score (nSPS) is 16.6. The third-order valence-electron chi connectivity index (χ3n) is 6.48. The second kappa shape index (κ2) is 7.51. The van der Waals surface area contributed by atoms with E-state index in [0.29, 0.717) is 41.8 Å². The number of H-pyrrole nitrogens is 2. The van der Waals surface area contributed by atoms with E-state index < -0.39 is 0 Å². The molecule has 2 N–H and O–H groups in total. The average molecular weight is 448 g/mol. The number of nitrogens with zero attached hydrogens (tertiary/aromatic N) is 4. The molecule has 1 aliphatic rings. The second-order valence-corrected chi connectivity index (χ2v) is 8.54. The number of benzene rings is 2. The van der Waals surface area contributed by atoms with Gasteiger partial charge in [-0.05, 0) is 43.3 Å². The number of aromatic amines is 2. The van der Waals surface area contributed by atoms with Gasteiger partial charge in [-0.15, -0.1) is 0 Å². The summed E-state index contributed by atoms with van der Waals surface area (Å²) >= 11 is 0. The highest BCUT2D eigenvalue weighted by Crippen LogP contribution is 2.20. The maximum Gasteiger partial charge on any atom is 0.326 e. The van der Waals surface area contributed by atoms with E-state index in [1.807, 2.05) is 6.92 Å². The number of hydrogen-bond donors (Lipinski definition) is 2. The molecule has 0 aliphatic carbocycles. The molecule has 2 aromatic heterocycles. The molecule has 3 heterocycles. The number of aryl methyl sites for hydroxylation is 2. The Bertz CT molecular complexity index is 1540. The van der Waals surface area contributed by atoms with Crippen LogP contribution in [0.3, 0.4) is 0 Å². The third kappa shape index (κ3) is 3.34. The highest BCUT2D eigenvalue weighted by Gasteiger charge is 2.31. The topological polar surface area (TPSA) is 116 Å². The van der Waals surface area contributed by atoms with Gasteiger partial charge in [-0.3, -0.25) is 18.7 Å². The number of nitrogens with one attached hydrogen (secondary N) is 2. The van der Waals surface area contributed by atoms with Gasteiger partial charge in [0.1, 0.15) is 0 Å². The predicted octanol–water partition coefficient (Wildman–Crippen LogP) is 1.03. The van der Waals surface area contributed by atoms with Crippen molar-refractivity contribution in [3.8, 4) is 0 Å². The minimum atomic E-state index is -0.229. The largest absolute Gasteiger partial charge is 0.335 e. The van der Waals surface area contributed by atoms with Gasteiger partial charge in [-0.25, -0.2) is 9.59 Å². The molecule has 10 nitrogen and oxygen atoms in total. The molecule has 1 aliphatic heterocycles. The van der Waals surface area contributed by atoms with Crippen LogP contribution in [0, 0.1) is 0 Å². The fraction of sp³-hybridized carbons (Fsp3) is 0.304. The van der Waals surface area contributed by atoms with E-state index in [2.05, 4.69) is 9.97 Å². The summed E-state index contributed by atoms with van der Waals surface area (Å²) in [5.41, 5.74) is 3.23. The zero-order valence-electron chi connectivity index (χ0n) is 18.6. The summed E-state index contributed by atoms with van der Waals surface area (Å²) in [6.45, 7) is 3.12. The third-order valence-corrected chi connectivity index (χ3v) is 6.48. The number of carbonyl (C=O) groups is 2. The van der Waals surface area contributed by atoms with Crippen LogP contribution in [-0.2, 0) is 14.1 Å². The fourth-order valence-corrected chi connectivity index (χ4v) is 4.53. The van der Waals surface area contributed by atoms with Gasteiger partial charge in [-0.2, -0.15) is 0 Å². The first-order valence-electron chi connectivity index (χ1n) is 10.7. The van der Waals surface area contributed by atoms with E-state index >= 15 is 0 Å². The number of fused-ring (bicyclic) bond motifs is 2.